The second kappa shape index (κ2) is 7.31. The van der Waals surface area contributed by atoms with Gasteiger partial charge in [-0.05, 0) is 36.4 Å². The zero-order chi connectivity index (χ0) is 18.6. The van der Waals surface area contributed by atoms with Crippen molar-refractivity contribution in [2.75, 3.05) is 18.2 Å². The van der Waals surface area contributed by atoms with Crippen LogP contribution in [-0.2, 0) is 14.6 Å². The lowest BCUT2D eigenvalue weighted by Crippen LogP contribution is -2.23. The number of methoxy groups -OCH3 is 1. The summed E-state index contributed by atoms with van der Waals surface area (Å²) >= 11 is 0. The lowest BCUT2D eigenvalue weighted by atomic mass is 10.3. The van der Waals surface area contributed by atoms with Crippen LogP contribution in [0.4, 0.5) is 6.01 Å². The van der Waals surface area contributed by atoms with E-state index in [1.807, 2.05) is 0 Å². The van der Waals surface area contributed by atoms with E-state index in [1.54, 1.807) is 18.3 Å². The van der Waals surface area contributed by atoms with Gasteiger partial charge in [0.2, 0.25) is 5.91 Å². The van der Waals surface area contributed by atoms with Gasteiger partial charge in [-0.25, -0.2) is 8.42 Å². The molecule has 0 saturated heterocycles. The maximum atomic E-state index is 12.3. The standard InChI is InChI=1S/C16H14N4O5S/c1-24-12-4-6-13(7-5-12)26(22,23)10-14(21)18-16-20-19-15(25-16)11-3-2-8-17-9-11/h2-9H,10H2,1H3,(H,18,20,21). The molecule has 0 bridgehead atoms. The topological polar surface area (TPSA) is 124 Å². The van der Waals surface area contributed by atoms with Gasteiger partial charge in [-0.15, -0.1) is 5.10 Å². The molecule has 3 rings (SSSR count). The molecule has 2 heterocycles. The number of aromatic nitrogens is 3. The Hall–Kier alpha value is -3.27. The number of ether oxygens (including phenoxy) is 1. The minimum atomic E-state index is -3.82. The van der Waals surface area contributed by atoms with Crippen LogP contribution < -0.4 is 10.1 Å². The highest BCUT2D eigenvalue weighted by Crippen LogP contribution is 2.19. The third-order valence-corrected chi connectivity index (χ3v) is 4.95. The minimum Gasteiger partial charge on any atom is -0.497 e. The van der Waals surface area contributed by atoms with Crippen LogP contribution in [0.1, 0.15) is 0 Å². The predicted octanol–water partition coefficient (Wildman–Crippen LogP) is 1.55. The summed E-state index contributed by atoms with van der Waals surface area (Å²) in [5.41, 5.74) is 0.575. The van der Waals surface area contributed by atoms with Crippen LogP contribution in [-0.4, -0.2) is 42.4 Å². The molecule has 1 aromatic carbocycles. The molecule has 134 valence electrons. The van der Waals surface area contributed by atoms with Gasteiger partial charge in [0, 0.05) is 12.4 Å². The number of carbonyl (C=O) groups is 1. The number of benzene rings is 1. The van der Waals surface area contributed by atoms with E-state index in [0.717, 1.165) is 0 Å². The largest absolute Gasteiger partial charge is 0.497 e. The smallest absolute Gasteiger partial charge is 0.322 e. The van der Waals surface area contributed by atoms with Gasteiger partial charge in [0.15, 0.2) is 9.84 Å². The van der Waals surface area contributed by atoms with Crippen LogP contribution in [0.3, 0.4) is 0 Å². The molecule has 0 radical (unpaired) electrons. The Morgan fingerprint density at radius 2 is 1.96 bits per heavy atom. The average Bonchev–Trinajstić information content (AvgIpc) is 3.10. The molecule has 0 aliphatic rings. The molecular weight excluding hydrogens is 360 g/mol. The third-order valence-electron chi connectivity index (χ3n) is 3.32. The Labute approximate surface area is 149 Å². The van der Waals surface area contributed by atoms with E-state index in [0.29, 0.717) is 11.3 Å². The maximum Gasteiger partial charge on any atom is 0.322 e. The van der Waals surface area contributed by atoms with E-state index in [-0.39, 0.29) is 16.8 Å². The van der Waals surface area contributed by atoms with Crippen molar-refractivity contribution >= 4 is 21.8 Å². The molecule has 0 aliphatic heterocycles. The van der Waals surface area contributed by atoms with Crippen molar-refractivity contribution in [3.8, 4) is 17.2 Å². The van der Waals surface area contributed by atoms with E-state index in [1.165, 1.54) is 37.6 Å². The molecule has 26 heavy (non-hydrogen) atoms. The summed E-state index contributed by atoms with van der Waals surface area (Å²) in [5.74, 6) is -0.875. The average molecular weight is 374 g/mol. The van der Waals surface area contributed by atoms with Crippen molar-refractivity contribution in [2.24, 2.45) is 0 Å². The summed E-state index contributed by atoms with van der Waals surface area (Å²) in [6, 6.07) is 8.95. The number of rotatable bonds is 6. The van der Waals surface area contributed by atoms with Gasteiger partial charge in [0.05, 0.1) is 17.6 Å². The first-order chi connectivity index (χ1) is 12.5. The molecule has 1 N–H and O–H groups in total. The molecule has 3 aromatic rings. The van der Waals surface area contributed by atoms with Crippen molar-refractivity contribution in [3.63, 3.8) is 0 Å². The summed E-state index contributed by atoms with van der Waals surface area (Å²) in [6.45, 7) is 0. The lowest BCUT2D eigenvalue weighted by molar-refractivity contribution is -0.114. The number of sulfone groups is 1. The van der Waals surface area contributed by atoms with Crippen LogP contribution in [0.5, 0.6) is 5.75 Å². The molecule has 2 aromatic heterocycles. The Morgan fingerprint density at radius 3 is 2.62 bits per heavy atom. The molecule has 0 aliphatic carbocycles. The predicted molar refractivity (Wildman–Crippen MR) is 91.2 cm³/mol. The number of anilines is 1. The lowest BCUT2D eigenvalue weighted by Gasteiger charge is -2.05. The quantitative estimate of drug-likeness (QED) is 0.689. The van der Waals surface area contributed by atoms with Crippen molar-refractivity contribution in [2.45, 2.75) is 4.90 Å². The van der Waals surface area contributed by atoms with E-state index < -0.39 is 21.5 Å². The monoisotopic (exact) mass is 374 g/mol. The number of amides is 1. The Kier molecular flexibility index (Phi) is 4.94. The highest BCUT2D eigenvalue weighted by Gasteiger charge is 2.21. The number of hydrogen-bond donors (Lipinski definition) is 1. The van der Waals surface area contributed by atoms with Crippen LogP contribution in [0, 0.1) is 0 Å². The first-order valence-corrected chi connectivity index (χ1v) is 9.04. The summed E-state index contributed by atoms with van der Waals surface area (Å²) in [5, 5.41) is 9.73. The van der Waals surface area contributed by atoms with Gasteiger partial charge in [0.1, 0.15) is 11.5 Å². The van der Waals surface area contributed by atoms with Gasteiger partial charge in [-0.2, -0.15) is 0 Å². The summed E-state index contributed by atoms with van der Waals surface area (Å²) in [4.78, 5) is 15.9. The van der Waals surface area contributed by atoms with Gasteiger partial charge in [0.25, 0.3) is 5.89 Å². The van der Waals surface area contributed by atoms with Crippen LogP contribution >= 0.6 is 0 Å². The van der Waals surface area contributed by atoms with E-state index >= 15 is 0 Å². The normalized spacial score (nSPS) is 11.1. The Morgan fingerprint density at radius 1 is 1.19 bits per heavy atom. The van der Waals surface area contributed by atoms with E-state index in [4.69, 9.17) is 9.15 Å². The van der Waals surface area contributed by atoms with E-state index in [2.05, 4.69) is 20.5 Å². The van der Waals surface area contributed by atoms with Crippen molar-refractivity contribution in [1.82, 2.24) is 15.2 Å². The highest BCUT2D eigenvalue weighted by atomic mass is 32.2. The first kappa shape index (κ1) is 17.5. The fraction of sp³-hybridized carbons (Fsp3) is 0.125. The molecule has 0 saturated carbocycles. The first-order valence-electron chi connectivity index (χ1n) is 7.38. The van der Waals surface area contributed by atoms with Gasteiger partial charge >= 0.3 is 6.01 Å². The fourth-order valence-electron chi connectivity index (χ4n) is 2.07. The van der Waals surface area contributed by atoms with Crippen molar-refractivity contribution in [1.29, 1.82) is 0 Å². The zero-order valence-corrected chi connectivity index (χ0v) is 14.4. The van der Waals surface area contributed by atoms with Crippen LogP contribution in [0.25, 0.3) is 11.5 Å². The molecule has 0 atom stereocenters. The number of pyridine rings is 1. The molecular formula is C16H14N4O5S. The molecule has 1 amide bonds. The maximum absolute atomic E-state index is 12.3. The second-order valence-electron chi connectivity index (χ2n) is 5.14. The third kappa shape index (κ3) is 4.03. The van der Waals surface area contributed by atoms with Crippen molar-refractivity contribution < 1.29 is 22.4 Å². The SMILES string of the molecule is COc1ccc(S(=O)(=O)CC(=O)Nc2nnc(-c3cccnc3)o2)cc1. The molecule has 0 fully saturated rings. The van der Waals surface area contributed by atoms with Gasteiger partial charge < -0.3 is 9.15 Å². The molecule has 10 heteroatoms. The number of nitrogens with zero attached hydrogens (tertiary/aromatic N) is 3. The Balaban J connectivity index is 1.67. The summed E-state index contributed by atoms with van der Waals surface area (Å²) in [7, 11) is -2.34. The fourth-order valence-corrected chi connectivity index (χ4v) is 3.21. The molecule has 0 spiro atoms. The molecule has 0 unspecified atom stereocenters. The highest BCUT2D eigenvalue weighted by molar-refractivity contribution is 7.92. The van der Waals surface area contributed by atoms with Crippen LogP contribution in [0.15, 0.2) is 58.1 Å². The molecule has 9 nitrogen and oxygen atoms in total. The van der Waals surface area contributed by atoms with Gasteiger partial charge in [-0.1, -0.05) is 5.10 Å². The summed E-state index contributed by atoms with van der Waals surface area (Å²) < 4.78 is 34.8. The Bertz CT molecular complexity index is 1000. The van der Waals surface area contributed by atoms with Crippen LogP contribution in [0.2, 0.25) is 0 Å². The number of hydrogen-bond acceptors (Lipinski definition) is 8. The number of nitrogens with one attached hydrogen (secondary N) is 1. The minimum absolute atomic E-state index is 0.00929. The van der Waals surface area contributed by atoms with Gasteiger partial charge in [-0.3, -0.25) is 15.1 Å². The number of carbonyl (C=O) groups excluding carboxylic acids is 1. The van der Waals surface area contributed by atoms with Crippen molar-refractivity contribution in [3.05, 3.63) is 48.8 Å². The zero-order valence-electron chi connectivity index (χ0n) is 13.6. The summed E-state index contributed by atoms with van der Waals surface area (Å²) in [6.07, 6.45) is 3.11. The van der Waals surface area contributed by atoms with E-state index in [9.17, 15) is 13.2 Å². The second-order valence-corrected chi connectivity index (χ2v) is 7.13.